The van der Waals surface area contributed by atoms with E-state index in [-0.39, 0.29) is 5.56 Å². The van der Waals surface area contributed by atoms with Crippen LogP contribution in [0.15, 0.2) is 59.7 Å². The molecule has 0 atom stereocenters. The van der Waals surface area contributed by atoms with Crippen molar-refractivity contribution in [3.63, 3.8) is 0 Å². The number of aromatic amines is 1. The molecule has 0 spiro atoms. The number of carboxylic acids is 1. The van der Waals surface area contributed by atoms with E-state index in [1.807, 2.05) is 31.2 Å². The highest BCUT2D eigenvalue weighted by atomic mass is 16.4. The molecule has 0 saturated carbocycles. The van der Waals surface area contributed by atoms with Gasteiger partial charge in [-0.25, -0.2) is 10.2 Å². The van der Waals surface area contributed by atoms with Crippen molar-refractivity contribution in [1.29, 1.82) is 0 Å². The maximum Gasteiger partial charge on any atom is 0.335 e. The van der Waals surface area contributed by atoms with Gasteiger partial charge in [-0.15, -0.1) is 0 Å². The third-order valence-electron chi connectivity index (χ3n) is 3.71. The first kappa shape index (κ1) is 17.1. The summed E-state index contributed by atoms with van der Waals surface area (Å²) in [5.41, 5.74) is 6.27. The Bertz CT molecular complexity index is 957. The molecule has 2 aromatic carbocycles. The van der Waals surface area contributed by atoms with Gasteiger partial charge in [-0.05, 0) is 30.7 Å². The molecule has 0 aliphatic carbocycles. The van der Waals surface area contributed by atoms with Gasteiger partial charge in [-0.3, -0.25) is 9.89 Å². The van der Waals surface area contributed by atoms with Crippen LogP contribution >= 0.6 is 0 Å². The predicted molar refractivity (Wildman–Crippen MR) is 97.2 cm³/mol. The summed E-state index contributed by atoms with van der Waals surface area (Å²) < 4.78 is 0. The number of nitrogens with zero attached hydrogens (tertiary/aromatic N) is 2. The molecule has 0 radical (unpaired) electrons. The number of carboxylic acid groups (broad SMARTS) is 1. The van der Waals surface area contributed by atoms with Gasteiger partial charge in [0.2, 0.25) is 0 Å². The Morgan fingerprint density at radius 2 is 1.81 bits per heavy atom. The van der Waals surface area contributed by atoms with Crippen molar-refractivity contribution in [3.05, 3.63) is 77.0 Å². The van der Waals surface area contributed by atoms with Gasteiger partial charge >= 0.3 is 5.97 Å². The number of benzene rings is 2. The summed E-state index contributed by atoms with van der Waals surface area (Å²) in [5, 5.41) is 19.5. The van der Waals surface area contributed by atoms with Crippen LogP contribution in [0.5, 0.6) is 0 Å². The third-order valence-corrected chi connectivity index (χ3v) is 3.71. The summed E-state index contributed by atoms with van der Waals surface area (Å²) >= 11 is 0. The average molecular weight is 348 g/mol. The molecule has 0 saturated heterocycles. The molecule has 0 aliphatic rings. The molecule has 1 aromatic heterocycles. The van der Waals surface area contributed by atoms with E-state index >= 15 is 0 Å². The maximum absolute atomic E-state index is 12.1. The van der Waals surface area contributed by atoms with Gasteiger partial charge in [0.05, 0.1) is 17.5 Å². The van der Waals surface area contributed by atoms with Crippen molar-refractivity contribution < 1.29 is 14.7 Å². The van der Waals surface area contributed by atoms with Crippen LogP contribution in [-0.2, 0) is 0 Å². The zero-order chi connectivity index (χ0) is 18.5. The van der Waals surface area contributed by atoms with Crippen LogP contribution in [0.3, 0.4) is 0 Å². The topological polar surface area (TPSA) is 107 Å². The first-order valence-electron chi connectivity index (χ1n) is 7.82. The second-order valence-electron chi connectivity index (χ2n) is 5.66. The fraction of sp³-hybridized carbons (Fsp3) is 0.0526. The summed E-state index contributed by atoms with van der Waals surface area (Å²) in [6.07, 6.45) is 1.43. The maximum atomic E-state index is 12.1. The molecule has 7 heteroatoms. The van der Waals surface area contributed by atoms with Crippen LogP contribution in [0.25, 0.3) is 11.3 Å². The van der Waals surface area contributed by atoms with Crippen molar-refractivity contribution in [2.75, 3.05) is 0 Å². The summed E-state index contributed by atoms with van der Waals surface area (Å²) in [7, 11) is 0. The minimum Gasteiger partial charge on any atom is -0.478 e. The summed E-state index contributed by atoms with van der Waals surface area (Å²) in [4.78, 5) is 22.9. The van der Waals surface area contributed by atoms with Gasteiger partial charge in [0, 0.05) is 5.56 Å². The van der Waals surface area contributed by atoms with Crippen LogP contribution in [0, 0.1) is 6.92 Å². The lowest BCUT2D eigenvalue weighted by Crippen LogP contribution is -2.18. The number of hydrogen-bond donors (Lipinski definition) is 3. The Morgan fingerprint density at radius 3 is 2.46 bits per heavy atom. The predicted octanol–water partition coefficient (Wildman–Crippen LogP) is 2.85. The van der Waals surface area contributed by atoms with Gasteiger partial charge < -0.3 is 5.11 Å². The average Bonchev–Trinajstić information content (AvgIpc) is 3.13. The van der Waals surface area contributed by atoms with E-state index in [1.165, 1.54) is 18.3 Å². The van der Waals surface area contributed by atoms with E-state index in [2.05, 4.69) is 20.7 Å². The van der Waals surface area contributed by atoms with Gasteiger partial charge in [-0.2, -0.15) is 10.2 Å². The standard InChI is InChI=1S/C19H16N4O3/c1-12-2-6-14(7-3-12)16-10-17(22-21-16)18(24)23-20-11-13-4-8-15(9-5-13)19(25)26/h2-11H,1H3,(H,21,22)(H,23,24)(H,25,26)/b20-11+. The first-order valence-corrected chi connectivity index (χ1v) is 7.82. The van der Waals surface area contributed by atoms with E-state index in [1.54, 1.807) is 18.2 Å². The van der Waals surface area contributed by atoms with Crippen molar-refractivity contribution in [3.8, 4) is 11.3 Å². The molecule has 0 fully saturated rings. The number of carbonyl (C=O) groups is 2. The van der Waals surface area contributed by atoms with Crippen LogP contribution in [0.4, 0.5) is 0 Å². The molecule has 0 bridgehead atoms. The molecular formula is C19H16N4O3. The highest BCUT2D eigenvalue weighted by Gasteiger charge is 2.10. The summed E-state index contributed by atoms with van der Waals surface area (Å²) in [6.45, 7) is 2.00. The van der Waals surface area contributed by atoms with Gasteiger partial charge in [-0.1, -0.05) is 42.0 Å². The fourth-order valence-electron chi connectivity index (χ4n) is 2.25. The molecule has 0 aliphatic heterocycles. The largest absolute Gasteiger partial charge is 0.478 e. The number of nitrogens with one attached hydrogen (secondary N) is 2. The number of rotatable bonds is 5. The number of carbonyl (C=O) groups excluding carboxylic acids is 1. The quantitative estimate of drug-likeness (QED) is 0.487. The van der Waals surface area contributed by atoms with Crippen LogP contribution < -0.4 is 5.43 Å². The molecule has 3 rings (SSSR count). The lowest BCUT2D eigenvalue weighted by molar-refractivity contribution is 0.0696. The van der Waals surface area contributed by atoms with Crippen LogP contribution in [-0.4, -0.2) is 33.4 Å². The molecule has 3 N–H and O–H groups in total. The lowest BCUT2D eigenvalue weighted by atomic mass is 10.1. The molecule has 3 aromatic rings. The number of H-pyrrole nitrogens is 1. The molecule has 1 amide bonds. The van der Waals surface area contributed by atoms with E-state index < -0.39 is 11.9 Å². The highest BCUT2D eigenvalue weighted by Crippen LogP contribution is 2.18. The van der Waals surface area contributed by atoms with Gasteiger partial charge in [0.25, 0.3) is 5.91 Å². The molecule has 7 nitrogen and oxygen atoms in total. The van der Waals surface area contributed by atoms with Gasteiger partial charge in [0.15, 0.2) is 0 Å². The Labute approximate surface area is 149 Å². The van der Waals surface area contributed by atoms with Crippen molar-refractivity contribution in [2.24, 2.45) is 5.10 Å². The Kier molecular flexibility index (Phi) is 4.89. The molecule has 0 unspecified atom stereocenters. The van der Waals surface area contributed by atoms with E-state index in [0.717, 1.165) is 11.1 Å². The molecular weight excluding hydrogens is 332 g/mol. The van der Waals surface area contributed by atoms with E-state index in [9.17, 15) is 9.59 Å². The van der Waals surface area contributed by atoms with Crippen LogP contribution in [0.2, 0.25) is 0 Å². The summed E-state index contributed by atoms with van der Waals surface area (Å²) in [5.74, 6) is -1.42. The highest BCUT2D eigenvalue weighted by molar-refractivity contribution is 5.94. The minimum absolute atomic E-state index is 0.187. The zero-order valence-electron chi connectivity index (χ0n) is 13.9. The molecule has 130 valence electrons. The first-order chi connectivity index (χ1) is 12.5. The number of aryl methyl sites for hydroxylation is 1. The number of hydrazone groups is 1. The number of hydrogen-bond acceptors (Lipinski definition) is 4. The monoisotopic (exact) mass is 348 g/mol. The minimum atomic E-state index is -0.995. The lowest BCUT2D eigenvalue weighted by Gasteiger charge is -1.97. The third kappa shape index (κ3) is 4.02. The second kappa shape index (κ2) is 7.43. The van der Waals surface area contributed by atoms with Crippen molar-refractivity contribution >= 4 is 18.1 Å². The Morgan fingerprint density at radius 1 is 1.12 bits per heavy atom. The van der Waals surface area contributed by atoms with E-state index in [0.29, 0.717) is 17.0 Å². The SMILES string of the molecule is Cc1ccc(-c2cc(C(=O)N/N=C/c3ccc(C(=O)O)cc3)[nH]n2)cc1. The number of amides is 1. The fourth-order valence-corrected chi connectivity index (χ4v) is 2.25. The Hall–Kier alpha value is -3.74. The smallest absolute Gasteiger partial charge is 0.335 e. The molecule has 1 heterocycles. The molecule has 26 heavy (non-hydrogen) atoms. The number of aromatic nitrogens is 2. The van der Waals surface area contributed by atoms with Crippen molar-refractivity contribution in [1.82, 2.24) is 15.6 Å². The van der Waals surface area contributed by atoms with E-state index in [4.69, 9.17) is 5.11 Å². The van der Waals surface area contributed by atoms with Crippen LogP contribution in [0.1, 0.15) is 32.0 Å². The normalized spacial score (nSPS) is 10.8. The summed E-state index contributed by atoms with van der Waals surface area (Å²) in [6, 6.07) is 15.6. The number of aromatic carboxylic acids is 1. The second-order valence-corrected chi connectivity index (χ2v) is 5.66. The van der Waals surface area contributed by atoms with Crippen molar-refractivity contribution in [2.45, 2.75) is 6.92 Å². The Balaban J connectivity index is 1.63. The zero-order valence-corrected chi connectivity index (χ0v) is 13.9. The van der Waals surface area contributed by atoms with Gasteiger partial charge in [0.1, 0.15) is 5.69 Å².